The Hall–Kier alpha value is -1.18. The molecule has 0 radical (unpaired) electrons. The molecular formula is C17H24Cl2N4OS. The molecule has 5 nitrogen and oxygen atoms in total. The van der Waals surface area contributed by atoms with Gasteiger partial charge in [-0.3, -0.25) is 9.69 Å². The molecule has 1 atom stereocenters. The normalized spacial score (nSPS) is 17.2. The van der Waals surface area contributed by atoms with Crippen molar-refractivity contribution in [1.29, 1.82) is 0 Å². The van der Waals surface area contributed by atoms with Crippen molar-refractivity contribution in [2.45, 2.75) is 25.9 Å². The first kappa shape index (κ1) is 21.9. The van der Waals surface area contributed by atoms with E-state index in [1.54, 1.807) is 11.3 Å². The van der Waals surface area contributed by atoms with Crippen LogP contribution in [0.2, 0.25) is 0 Å². The average molecular weight is 403 g/mol. The molecule has 2 N–H and O–H groups in total. The van der Waals surface area contributed by atoms with Gasteiger partial charge >= 0.3 is 0 Å². The summed E-state index contributed by atoms with van der Waals surface area (Å²) >= 11 is 1.56. The summed E-state index contributed by atoms with van der Waals surface area (Å²) < 4.78 is 0. The minimum Gasteiger partial charge on any atom is -0.326 e. The Kier molecular flexibility index (Phi) is 9.38. The Labute approximate surface area is 165 Å². The zero-order chi connectivity index (χ0) is 16.1. The number of hydrogen-bond acceptors (Lipinski definition) is 5. The molecule has 3 rings (SSSR count). The molecule has 2 heterocycles. The number of carbonyl (C=O) groups is 1. The van der Waals surface area contributed by atoms with Crippen molar-refractivity contribution >= 4 is 47.7 Å². The van der Waals surface area contributed by atoms with Crippen LogP contribution in [-0.4, -0.2) is 41.5 Å². The van der Waals surface area contributed by atoms with Crippen molar-refractivity contribution in [3.63, 3.8) is 0 Å². The molecule has 0 unspecified atom stereocenters. The smallest absolute Gasteiger partial charge is 0.231 e. The minimum absolute atomic E-state index is 0. The van der Waals surface area contributed by atoms with Crippen molar-refractivity contribution in [3.05, 3.63) is 46.4 Å². The summed E-state index contributed by atoms with van der Waals surface area (Å²) in [5, 5.41) is 9.23. The molecular weight excluding hydrogens is 379 g/mol. The quantitative estimate of drug-likeness (QED) is 0.806. The van der Waals surface area contributed by atoms with Crippen molar-refractivity contribution in [2.24, 2.45) is 0 Å². The number of hydrogen-bond donors (Lipinski definition) is 2. The first-order chi connectivity index (χ1) is 11.2. The maximum Gasteiger partial charge on any atom is 0.231 e. The van der Waals surface area contributed by atoms with Crippen LogP contribution in [-0.2, 0) is 17.8 Å². The van der Waals surface area contributed by atoms with Crippen LogP contribution < -0.4 is 10.6 Å². The molecule has 1 amide bonds. The van der Waals surface area contributed by atoms with Gasteiger partial charge in [0.1, 0.15) is 5.01 Å². The van der Waals surface area contributed by atoms with E-state index < -0.39 is 0 Å². The van der Waals surface area contributed by atoms with Gasteiger partial charge in [0.05, 0.1) is 12.1 Å². The number of anilines is 1. The zero-order valence-corrected chi connectivity index (χ0v) is 16.6. The highest BCUT2D eigenvalue weighted by Crippen LogP contribution is 2.15. The second-order valence-corrected chi connectivity index (χ2v) is 6.79. The van der Waals surface area contributed by atoms with Crippen LogP contribution in [0.5, 0.6) is 0 Å². The van der Waals surface area contributed by atoms with Crippen molar-refractivity contribution in [1.82, 2.24) is 15.2 Å². The number of rotatable bonds is 5. The highest BCUT2D eigenvalue weighted by Gasteiger charge is 2.19. The lowest BCUT2D eigenvalue weighted by molar-refractivity contribution is -0.115. The predicted molar refractivity (Wildman–Crippen MR) is 108 cm³/mol. The minimum atomic E-state index is -0.0207. The number of halogens is 2. The number of nitrogens with zero attached hydrogens (tertiary/aromatic N) is 2. The van der Waals surface area contributed by atoms with Crippen LogP contribution in [0.1, 0.15) is 17.6 Å². The van der Waals surface area contributed by atoms with Crippen LogP contribution >= 0.6 is 36.2 Å². The summed E-state index contributed by atoms with van der Waals surface area (Å²) in [6, 6.07) is 10.0. The Morgan fingerprint density at radius 1 is 1.36 bits per heavy atom. The van der Waals surface area contributed by atoms with Gasteiger partial charge in [-0.15, -0.1) is 36.2 Å². The Morgan fingerprint density at radius 3 is 2.84 bits per heavy atom. The third kappa shape index (κ3) is 6.56. The molecule has 0 bridgehead atoms. The highest BCUT2D eigenvalue weighted by atomic mass is 35.5. The fourth-order valence-corrected chi connectivity index (χ4v) is 3.48. The second-order valence-electron chi connectivity index (χ2n) is 5.85. The molecule has 1 aliphatic heterocycles. The zero-order valence-electron chi connectivity index (χ0n) is 14.1. The van der Waals surface area contributed by atoms with Gasteiger partial charge in [0.15, 0.2) is 0 Å². The fourth-order valence-electron chi connectivity index (χ4n) is 2.69. The van der Waals surface area contributed by atoms with Gasteiger partial charge in [-0.2, -0.15) is 0 Å². The molecule has 2 aromatic rings. The number of carbonyl (C=O) groups excluding carboxylic acids is 1. The lowest BCUT2D eigenvalue weighted by atomic mass is 10.2. The summed E-state index contributed by atoms with van der Waals surface area (Å²) in [7, 11) is 0. The number of aromatic nitrogens is 1. The lowest BCUT2D eigenvalue weighted by Crippen LogP contribution is -2.49. The molecule has 1 aliphatic rings. The summed E-state index contributed by atoms with van der Waals surface area (Å²) in [4.78, 5) is 19.1. The fraction of sp³-hybridized carbons (Fsp3) is 0.412. The van der Waals surface area contributed by atoms with Crippen molar-refractivity contribution in [2.75, 3.05) is 25.0 Å². The third-order valence-corrected chi connectivity index (χ3v) is 4.87. The maximum atomic E-state index is 12.1. The predicted octanol–water partition coefficient (Wildman–Crippen LogP) is 2.96. The molecule has 138 valence electrons. The first-order valence-electron chi connectivity index (χ1n) is 7.93. The standard InChI is InChI=1S/C17H22N4OS.2ClH/c1-13-10-18-7-8-21(13)11-15-12-23-17(20-15)9-16(22)19-14-5-3-2-4-6-14;;/h2-6,12-13,18H,7-11H2,1H3,(H,19,22);2*1H/t13-;;/m0../s1. The van der Waals surface area contributed by atoms with Gasteiger partial charge in [0.2, 0.25) is 5.91 Å². The number of thiazole rings is 1. The maximum absolute atomic E-state index is 12.1. The van der Waals surface area contributed by atoms with Gasteiger partial charge in [-0.25, -0.2) is 4.98 Å². The topological polar surface area (TPSA) is 57.3 Å². The molecule has 1 aromatic carbocycles. The average Bonchev–Trinajstić information content (AvgIpc) is 2.97. The van der Waals surface area contributed by atoms with Gasteiger partial charge in [-0.1, -0.05) is 18.2 Å². The summed E-state index contributed by atoms with van der Waals surface area (Å²) in [5.74, 6) is -0.0207. The highest BCUT2D eigenvalue weighted by molar-refractivity contribution is 7.09. The Balaban J connectivity index is 0.00000156. The molecule has 1 aromatic heterocycles. The van der Waals surface area contributed by atoms with E-state index >= 15 is 0 Å². The molecule has 0 aliphatic carbocycles. The van der Waals surface area contributed by atoms with Crippen molar-refractivity contribution < 1.29 is 4.79 Å². The van der Waals surface area contributed by atoms with Crippen LogP contribution in [0, 0.1) is 0 Å². The molecule has 1 saturated heterocycles. The molecule has 8 heteroatoms. The summed E-state index contributed by atoms with van der Waals surface area (Å²) in [6.07, 6.45) is 0.330. The number of para-hydroxylation sites is 1. The van der Waals surface area contributed by atoms with Crippen LogP contribution in [0.25, 0.3) is 0 Å². The molecule has 25 heavy (non-hydrogen) atoms. The second kappa shape index (κ2) is 10.7. The van der Waals surface area contributed by atoms with E-state index in [1.807, 2.05) is 30.3 Å². The van der Waals surface area contributed by atoms with Gasteiger partial charge in [0.25, 0.3) is 0 Å². The van der Waals surface area contributed by atoms with Crippen molar-refractivity contribution in [3.8, 4) is 0 Å². The van der Waals surface area contributed by atoms with E-state index in [4.69, 9.17) is 0 Å². The van der Waals surface area contributed by atoms with E-state index in [2.05, 4.69) is 32.8 Å². The Morgan fingerprint density at radius 2 is 2.12 bits per heavy atom. The lowest BCUT2D eigenvalue weighted by Gasteiger charge is -2.33. The van der Waals surface area contributed by atoms with Crippen LogP contribution in [0.4, 0.5) is 5.69 Å². The van der Waals surface area contributed by atoms with E-state index in [-0.39, 0.29) is 30.7 Å². The third-order valence-electron chi connectivity index (χ3n) is 3.97. The van der Waals surface area contributed by atoms with E-state index in [0.717, 1.165) is 42.6 Å². The first-order valence-corrected chi connectivity index (χ1v) is 8.81. The van der Waals surface area contributed by atoms with Gasteiger partial charge < -0.3 is 10.6 Å². The van der Waals surface area contributed by atoms with E-state index in [1.165, 1.54) is 0 Å². The Bertz CT molecular complexity index is 653. The number of amides is 1. The molecule has 0 saturated carbocycles. The number of nitrogens with one attached hydrogen (secondary N) is 2. The van der Waals surface area contributed by atoms with Gasteiger partial charge in [-0.05, 0) is 19.1 Å². The number of piperazine rings is 1. The molecule has 1 fully saturated rings. The number of benzene rings is 1. The summed E-state index contributed by atoms with van der Waals surface area (Å²) in [6.45, 7) is 6.19. The van der Waals surface area contributed by atoms with E-state index in [9.17, 15) is 4.79 Å². The van der Waals surface area contributed by atoms with Gasteiger partial charge in [0, 0.05) is 43.3 Å². The van der Waals surface area contributed by atoms with Crippen LogP contribution in [0.15, 0.2) is 35.7 Å². The van der Waals surface area contributed by atoms with Crippen LogP contribution in [0.3, 0.4) is 0 Å². The summed E-state index contributed by atoms with van der Waals surface area (Å²) in [5.41, 5.74) is 1.88. The molecule has 0 spiro atoms. The SMILES string of the molecule is C[C@H]1CNCCN1Cc1csc(CC(=O)Nc2ccccc2)n1.Cl.Cl. The van der Waals surface area contributed by atoms with E-state index in [0.29, 0.717) is 12.5 Å². The monoisotopic (exact) mass is 402 g/mol. The largest absolute Gasteiger partial charge is 0.326 e.